The summed E-state index contributed by atoms with van der Waals surface area (Å²) in [7, 11) is 0. The monoisotopic (exact) mass is 376 g/mol. The lowest BCUT2D eigenvalue weighted by atomic mass is 9.98. The van der Waals surface area contributed by atoms with Gasteiger partial charge in [-0.1, -0.05) is 0 Å². The topological polar surface area (TPSA) is 55.0 Å². The van der Waals surface area contributed by atoms with E-state index in [9.17, 15) is 4.79 Å². The summed E-state index contributed by atoms with van der Waals surface area (Å²) in [5, 5.41) is 9.02. The second kappa shape index (κ2) is 5.45. The molecule has 0 saturated carbocycles. The smallest absolute Gasteiger partial charge is 0.312 e. The molecule has 1 heterocycles. The van der Waals surface area contributed by atoms with Crippen LogP contribution in [0.5, 0.6) is 0 Å². The van der Waals surface area contributed by atoms with Crippen molar-refractivity contribution in [3.8, 4) is 6.07 Å². The molecule has 0 amide bonds. The van der Waals surface area contributed by atoms with E-state index in [1.807, 2.05) is 0 Å². The van der Waals surface area contributed by atoms with E-state index >= 15 is 0 Å². The largest absolute Gasteiger partial charge is 0.443 e. The highest BCUT2D eigenvalue weighted by atomic mass is 79.9. The standard InChI is InChI=1S/C12H14Br2N2O2/c1-7-8(5-15)9(13)10(14)16(7)6-18-11(17)12(2,3)4/h6H2,1-4H3. The van der Waals surface area contributed by atoms with Crippen LogP contribution in [0.4, 0.5) is 0 Å². The van der Waals surface area contributed by atoms with Crippen molar-refractivity contribution in [2.24, 2.45) is 5.41 Å². The van der Waals surface area contributed by atoms with Crippen LogP contribution >= 0.6 is 31.9 Å². The molecule has 0 saturated heterocycles. The Hall–Kier alpha value is -0.800. The van der Waals surface area contributed by atoms with Crippen molar-refractivity contribution >= 4 is 37.8 Å². The maximum atomic E-state index is 11.7. The van der Waals surface area contributed by atoms with Gasteiger partial charge in [-0.15, -0.1) is 0 Å². The molecule has 0 aliphatic heterocycles. The van der Waals surface area contributed by atoms with E-state index in [2.05, 4.69) is 37.9 Å². The highest BCUT2D eigenvalue weighted by Crippen LogP contribution is 2.32. The van der Waals surface area contributed by atoms with Crippen LogP contribution in [0.2, 0.25) is 0 Å². The van der Waals surface area contributed by atoms with Gasteiger partial charge in [-0.3, -0.25) is 4.79 Å². The van der Waals surface area contributed by atoms with E-state index in [0.29, 0.717) is 14.6 Å². The summed E-state index contributed by atoms with van der Waals surface area (Å²) < 4.78 is 8.33. The average Bonchev–Trinajstić information content (AvgIpc) is 2.46. The van der Waals surface area contributed by atoms with E-state index in [4.69, 9.17) is 10.00 Å². The summed E-state index contributed by atoms with van der Waals surface area (Å²) in [5.41, 5.74) is 0.745. The number of carbonyl (C=O) groups excluding carboxylic acids is 1. The predicted octanol–water partition coefficient (Wildman–Crippen LogP) is 3.74. The van der Waals surface area contributed by atoms with Gasteiger partial charge in [0.05, 0.1) is 15.5 Å². The Labute approximate surface area is 123 Å². The Balaban J connectivity index is 2.95. The van der Waals surface area contributed by atoms with Crippen molar-refractivity contribution in [3.63, 3.8) is 0 Å². The van der Waals surface area contributed by atoms with Crippen LogP contribution < -0.4 is 0 Å². The lowest BCUT2D eigenvalue weighted by molar-refractivity contribution is -0.157. The first kappa shape index (κ1) is 15.3. The summed E-state index contributed by atoms with van der Waals surface area (Å²) >= 11 is 6.69. The molecule has 0 radical (unpaired) electrons. The van der Waals surface area contributed by atoms with Gasteiger partial charge in [0, 0.05) is 5.69 Å². The van der Waals surface area contributed by atoms with Crippen LogP contribution in [0.3, 0.4) is 0 Å². The molecular formula is C12H14Br2N2O2. The zero-order valence-corrected chi connectivity index (χ0v) is 13.8. The Morgan fingerprint density at radius 1 is 1.44 bits per heavy atom. The fourth-order valence-electron chi connectivity index (χ4n) is 1.29. The number of hydrogen-bond donors (Lipinski definition) is 0. The van der Waals surface area contributed by atoms with Gasteiger partial charge < -0.3 is 9.30 Å². The SMILES string of the molecule is Cc1c(C#N)c(Br)c(Br)n1COC(=O)C(C)(C)C. The van der Waals surface area contributed by atoms with E-state index in [0.717, 1.165) is 5.69 Å². The van der Waals surface area contributed by atoms with Crippen molar-refractivity contribution in [1.82, 2.24) is 4.57 Å². The molecule has 1 aromatic rings. The molecule has 0 bridgehead atoms. The van der Waals surface area contributed by atoms with Crippen molar-refractivity contribution in [2.75, 3.05) is 0 Å². The van der Waals surface area contributed by atoms with E-state index in [1.54, 1.807) is 32.3 Å². The molecule has 0 unspecified atom stereocenters. The van der Waals surface area contributed by atoms with Crippen LogP contribution in [0.15, 0.2) is 9.08 Å². The highest BCUT2D eigenvalue weighted by molar-refractivity contribution is 9.13. The van der Waals surface area contributed by atoms with E-state index in [-0.39, 0.29) is 12.7 Å². The number of ether oxygens (including phenoxy) is 1. The molecule has 6 heteroatoms. The summed E-state index contributed by atoms with van der Waals surface area (Å²) in [6.07, 6.45) is 0. The fraction of sp³-hybridized carbons (Fsp3) is 0.500. The van der Waals surface area contributed by atoms with Crippen LogP contribution in [0, 0.1) is 23.7 Å². The summed E-state index contributed by atoms with van der Waals surface area (Å²) in [6, 6.07) is 2.10. The number of rotatable bonds is 2. The molecule has 0 N–H and O–H groups in total. The summed E-state index contributed by atoms with van der Waals surface area (Å²) in [5.74, 6) is -0.280. The molecule has 0 spiro atoms. The second-order valence-electron chi connectivity index (χ2n) is 4.92. The van der Waals surface area contributed by atoms with Crippen LogP contribution in [-0.4, -0.2) is 10.5 Å². The van der Waals surface area contributed by atoms with Crippen molar-refractivity contribution in [3.05, 3.63) is 20.3 Å². The number of esters is 1. The number of hydrogen-bond acceptors (Lipinski definition) is 3. The Morgan fingerprint density at radius 2 is 2.00 bits per heavy atom. The van der Waals surface area contributed by atoms with Crippen molar-refractivity contribution in [1.29, 1.82) is 5.26 Å². The molecule has 0 atom stereocenters. The lowest BCUT2D eigenvalue weighted by Crippen LogP contribution is -2.24. The van der Waals surface area contributed by atoms with Gasteiger partial charge in [0.25, 0.3) is 0 Å². The Bertz CT molecular complexity index is 522. The minimum absolute atomic E-state index is 0.0861. The lowest BCUT2D eigenvalue weighted by Gasteiger charge is -2.17. The molecule has 1 rings (SSSR count). The molecule has 1 aromatic heterocycles. The maximum absolute atomic E-state index is 11.7. The molecule has 98 valence electrons. The Kier molecular flexibility index (Phi) is 4.62. The molecule has 0 fully saturated rings. The molecule has 18 heavy (non-hydrogen) atoms. The zero-order chi connectivity index (χ0) is 14.1. The maximum Gasteiger partial charge on any atom is 0.312 e. The highest BCUT2D eigenvalue weighted by Gasteiger charge is 2.24. The second-order valence-corrected chi connectivity index (χ2v) is 6.46. The van der Waals surface area contributed by atoms with Gasteiger partial charge in [0.2, 0.25) is 0 Å². The minimum atomic E-state index is -0.539. The van der Waals surface area contributed by atoms with Gasteiger partial charge in [-0.05, 0) is 59.6 Å². The van der Waals surface area contributed by atoms with E-state index in [1.165, 1.54) is 0 Å². The van der Waals surface area contributed by atoms with Crippen LogP contribution in [0.1, 0.15) is 32.0 Å². The first-order valence-electron chi connectivity index (χ1n) is 5.31. The third-order valence-corrected chi connectivity index (χ3v) is 4.58. The number of carbonyl (C=O) groups is 1. The normalized spacial score (nSPS) is 11.2. The molecule has 0 aliphatic carbocycles. The molecule has 4 nitrogen and oxygen atoms in total. The van der Waals surface area contributed by atoms with Crippen molar-refractivity contribution < 1.29 is 9.53 Å². The number of nitrogens with zero attached hydrogens (tertiary/aromatic N) is 2. The van der Waals surface area contributed by atoms with Gasteiger partial charge >= 0.3 is 5.97 Å². The third kappa shape index (κ3) is 2.96. The van der Waals surface area contributed by atoms with Crippen LogP contribution in [0.25, 0.3) is 0 Å². The van der Waals surface area contributed by atoms with E-state index < -0.39 is 5.41 Å². The zero-order valence-electron chi connectivity index (χ0n) is 10.7. The predicted molar refractivity (Wildman–Crippen MR) is 74.8 cm³/mol. The quantitative estimate of drug-likeness (QED) is 0.737. The number of halogens is 2. The van der Waals surface area contributed by atoms with Crippen molar-refractivity contribution in [2.45, 2.75) is 34.4 Å². The van der Waals surface area contributed by atoms with Gasteiger partial charge in [0.1, 0.15) is 10.7 Å². The number of nitriles is 1. The third-order valence-electron chi connectivity index (χ3n) is 2.45. The molecule has 0 aliphatic rings. The van der Waals surface area contributed by atoms with Gasteiger partial charge in [-0.2, -0.15) is 5.26 Å². The van der Waals surface area contributed by atoms with Gasteiger partial charge in [-0.25, -0.2) is 0 Å². The Morgan fingerprint density at radius 3 is 2.39 bits per heavy atom. The molecular weight excluding hydrogens is 364 g/mol. The number of aromatic nitrogens is 1. The molecule has 0 aromatic carbocycles. The summed E-state index contributed by atoms with van der Waals surface area (Å²) in [6.45, 7) is 7.28. The fourth-order valence-corrected chi connectivity index (χ4v) is 2.44. The van der Waals surface area contributed by atoms with Gasteiger partial charge in [0.15, 0.2) is 6.73 Å². The minimum Gasteiger partial charge on any atom is -0.443 e. The average molecular weight is 378 g/mol. The first-order valence-corrected chi connectivity index (χ1v) is 6.90. The first-order chi connectivity index (χ1) is 8.20. The summed E-state index contributed by atoms with van der Waals surface area (Å²) in [4.78, 5) is 11.7. The van der Waals surface area contributed by atoms with Crippen LogP contribution in [-0.2, 0) is 16.3 Å².